The van der Waals surface area contributed by atoms with E-state index in [1.807, 2.05) is 19.2 Å². The minimum absolute atomic E-state index is 0. The van der Waals surface area contributed by atoms with E-state index >= 15 is 0 Å². The van der Waals surface area contributed by atoms with Gasteiger partial charge in [-0.1, -0.05) is 29.8 Å². The van der Waals surface area contributed by atoms with Gasteiger partial charge < -0.3 is 15.4 Å². The van der Waals surface area contributed by atoms with Crippen LogP contribution in [0, 0.1) is 6.92 Å². The van der Waals surface area contributed by atoms with Gasteiger partial charge in [-0.3, -0.25) is 4.79 Å². The molecule has 0 aromatic heterocycles. The molecule has 1 saturated heterocycles. The molecule has 1 heterocycles. The highest BCUT2D eigenvalue weighted by molar-refractivity contribution is 5.85. The first-order chi connectivity index (χ1) is 9.10. The Hall–Kier alpha value is -1.10. The molecule has 1 aliphatic rings. The minimum atomic E-state index is -0.316. The Morgan fingerprint density at radius 3 is 2.80 bits per heavy atom. The van der Waals surface area contributed by atoms with Gasteiger partial charge in [-0.2, -0.15) is 0 Å². The van der Waals surface area contributed by atoms with Crippen molar-refractivity contribution in [3.63, 3.8) is 0 Å². The molecule has 112 valence electrons. The predicted molar refractivity (Wildman–Crippen MR) is 81.9 cm³/mol. The molecule has 2 atom stereocenters. The maximum absolute atomic E-state index is 12.3. The van der Waals surface area contributed by atoms with Crippen LogP contribution >= 0.6 is 12.4 Å². The molecule has 1 fully saturated rings. The molecule has 2 N–H and O–H groups in total. The molecule has 1 aromatic carbocycles. The molecule has 0 saturated carbocycles. The van der Waals surface area contributed by atoms with E-state index in [2.05, 4.69) is 19.1 Å². The monoisotopic (exact) mass is 298 g/mol. The van der Waals surface area contributed by atoms with E-state index < -0.39 is 0 Å². The number of carbonyl (C=O) groups excluding carboxylic acids is 1. The third-order valence-corrected chi connectivity index (χ3v) is 3.52. The average Bonchev–Trinajstić information content (AvgIpc) is 2.86. The lowest BCUT2D eigenvalue weighted by atomic mass is 10.1. The van der Waals surface area contributed by atoms with Crippen LogP contribution in [0.3, 0.4) is 0 Å². The van der Waals surface area contributed by atoms with Crippen molar-refractivity contribution >= 4 is 18.3 Å². The third-order valence-electron chi connectivity index (χ3n) is 3.52. The quantitative estimate of drug-likeness (QED) is 0.923. The van der Waals surface area contributed by atoms with Crippen LogP contribution in [0.5, 0.6) is 0 Å². The summed E-state index contributed by atoms with van der Waals surface area (Å²) >= 11 is 0. The summed E-state index contributed by atoms with van der Waals surface area (Å²) in [7, 11) is 1.82. The maximum atomic E-state index is 12.3. The highest BCUT2D eigenvalue weighted by atomic mass is 35.5. The number of nitrogens with two attached hydrogens (primary N) is 1. The van der Waals surface area contributed by atoms with E-state index in [0.29, 0.717) is 13.1 Å². The van der Waals surface area contributed by atoms with E-state index in [9.17, 15) is 4.79 Å². The summed E-state index contributed by atoms with van der Waals surface area (Å²) in [6.45, 7) is 3.16. The Kier molecular flexibility index (Phi) is 6.46. The van der Waals surface area contributed by atoms with Gasteiger partial charge >= 0.3 is 0 Å². The number of benzene rings is 1. The smallest absolute Gasteiger partial charge is 0.251 e. The molecule has 20 heavy (non-hydrogen) atoms. The number of hydrogen-bond acceptors (Lipinski definition) is 3. The van der Waals surface area contributed by atoms with E-state index in [4.69, 9.17) is 10.5 Å². The van der Waals surface area contributed by atoms with Gasteiger partial charge in [0.15, 0.2) is 0 Å². The molecule has 1 aromatic rings. The van der Waals surface area contributed by atoms with Crippen molar-refractivity contribution in [3.8, 4) is 0 Å². The largest absolute Gasteiger partial charge is 0.364 e. The zero-order chi connectivity index (χ0) is 13.8. The second kappa shape index (κ2) is 7.62. The molecule has 4 nitrogen and oxygen atoms in total. The van der Waals surface area contributed by atoms with Crippen LogP contribution < -0.4 is 5.73 Å². The number of amides is 1. The van der Waals surface area contributed by atoms with Crippen LogP contribution in [0.25, 0.3) is 0 Å². The van der Waals surface area contributed by atoms with Gasteiger partial charge in [0, 0.05) is 20.1 Å². The van der Waals surface area contributed by atoms with Crippen molar-refractivity contribution < 1.29 is 9.53 Å². The molecular weight excluding hydrogens is 276 g/mol. The summed E-state index contributed by atoms with van der Waals surface area (Å²) in [6, 6.07) is 8.20. The zero-order valence-electron chi connectivity index (χ0n) is 12.0. The Morgan fingerprint density at radius 1 is 1.45 bits per heavy atom. The summed E-state index contributed by atoms with van der Waals surface area (Å²) in [5, 5.41) is 0. The van der Waals surface area contributed by atoms with E-state index in [1.165, 1.54) is 5.56 Å². The Morgan fingerprint density at radius 2 is 2.20 bits per heavy atom. The number of halogens is 1. The standard InChI is InChI=1S/C15H22N2O2.ClH/c1-11-4-3-5-12(8-11)10-17(2)15(18)14-7-6-13(9-16)19-14;/h3-5,8,13-14H,6-7,9-10,16H2,1-2H3;1H/t13-,14+;/m1./s1. The number of rotatable bonds is 4. The van der Waals surface area contributed by atoms with Crippen molar-refractivity contribution in [2.45, 2.75) is 38.5 Å². The van der Waals surface area contributed by atoms with Gasteiger partial charge in [0.1, 0.15) is 6.10 Å². The first-order valence-electron chi connectivity index (χ1n) is 6.76. The number of carbonyl (C=O) groups is 1. The van der Waals surface area contributed by atoms with Crippen LogP contribution in [-0.2, 0) is 16.1 Å². The second-order valence-corrected chi connectivity index (χ2v) is 5.24. The SMILES string of the molecule is Cc1cccc(CN(C)C(=O)[C@@H]2CC[C@H](CN)O2)c1.Cl. The molecule has 0 radical (unpaired) electrons. The average molecular weight is 299 g/mol. The van der Waals surface area contributed by atoms with Crippen LogP contribution in [0.2, 0.25) is 0 Å². The van der Waals surface area contributed by atoms with Crippen molar-refractivity contribution in [1.29, 1.82) is 0 Å². The Balaban J connectivity index is 0.00000200. The van der Waals surface area contributed by atoms with Gasteiger partial charge in [0.05, 0.1) is 6.10 Å². The number of hydrogen-bond donors (Lipinski definition) is 1. The summed E-state index contributed by atoms with van der Waals surface area (Å²) in [6.07, 6.45) is 1.38. The normalized spacial score (nSPS) is 21.4. The Labute approximate surface area is 126 Å². The fourth-order valence-electron chi connectivity index (χ4n) is 2.47. The van der Waals surface area contributed by atoms with Crippen molar-refractivity contribution in [2.24, 2.45) is 5.73 Å². The molecule has 0 spiro atoms. The van der Waals surface area contributed by atoms with Crippen molar-refractivity contribution in [1.82, 2.24) is 4.90 Å². The van der Waals surface area contributed by atoms with E-state index in [1.54, 1.807) is 4.90 Å². The molecular formula is C15H23ClN2O2. The van der Waals surface area contributed by atoms with Gasteiger partial charge in [-0.05, 0) is 25.3 Å². The number of aryl methyl sites for hydroxylation is 1. The first-order valence-corrected chi connectivity index (χ1v) is 6.76. The first kappa shape index (κ1) is 17.0. The lowest BCUT2D eigenvalue weighted by molar-refractivity contribution is -0.141. The van der Waals surface area contributed by atoms with E-state index in [-0.39, 0.29) is 30.5 Å². The molecule has 0 aliphatic carbocycles. The lowest BCUT2D eigenvalue weighted by Crippen LogP contribution is -2.36. The van der Waals surface area contributed by atoms with Crippen molar-refractivity contribution in [3.05, 3.63) is 35.4 Å². The summed E-state index contributed by atoms with van der Waals surface area (Å²) in [5.41, 5.74) is 7.91. The summed E-state index contributed by atoms with van der Waals surface area (Å²) in [4.78, 5) is 14.0. The number of ether oxygens (including phenoxy) is 1. The predicted octanol–water partition coefficient (Wildman–Crippen LogP) is 1.88. The molecule has 2 rings (SSSR count). The summed E-state index contributed by atoms with van der Waals surface area (Å²) in [5.74, 6) is 0.0532. The van der Waals surface area contributed by atoms with E-state index in [0.717, 1.165) is 18.4 Å². The molecule has 1 amide bonds. The van der Waals surface area contributed by atoms with Crippen LogP contribution in [0.1, 0.15) is 24.0 Å². The topological polar surface area (TPSA) is 55.6 Å². The number of likely N-dealkylation sites (N-methyl/N-ethyl adjacent to an activating group) is 1. The van der Waals surface area contributed by atoms with Crippen LogP contribution in [0.15, 0.2) is 24.3 Å². The molecule has 0 unspecified atom stereocenters. The highest BCUT2D eigenvalue weighted by Crippen LogP contribution is 2.21. The minimum Gasteiger partial charge on any atom is -0.364 e. The molecule has 0 bridgehead atoms. The van der Waals surface area contributed by atoms with Crippen LogP contribution in [-0.4, -0.2) is 36.6 Å². The fourth-order valence-corrected chi connectivity index (χ4v) is 2.47. The molecule has 1 aliphatic heterocycles. The maximum Gasteiger partial charge on any atom is 0.251 e. The zero-order valence-corrected chi connectivity index (χ0v) is 12.9. The van der Waals surface area contributed by atoms with Crippen LogP contribution in [0.4, 0.5) is 0 Å². The summed E-state index contributed by atoms with van der Waals surface area (Å²) < 4.78 is 5.64. The third kappa shape index (κ3) is 4.20. The van der Waals surface area contributed by atoms with Gasteiger partial charge in [0.2, 0.25) is 0 Å². The highest BCUT2D eigenvalue weighted by Gasteiger charge is 2.31. The van der Waals surface area contributed by atoms with Gasteiger partial charge in [-0.15, -0.1) is 12.4 Å². The fraction of sp³-hybridized carbons (Fsp3) is 0.533. The van der Waals surface area contributed by atoms with Crippen molar-refractivity contribution in [2.75, 3.05) is 13.6 Å². The number of nitrogens with zero attached hydrogens (tertiary/aromatic N) is 1. The second-order valence-electron chi connectivity index (χ2n) is 5.24. The Bertz CT molecular complexity index is 453. The molecule has 5 heteroatoms. The van der Waals surface area contributed by atoms with Gasteiger partial charge in [-0.25, -0.2) is 0 Å². The lowest BCUT2D eigenvalue weighted by Gasteiger charge is -2.21. The van der Waals surface area contributed by atoms with Gasteiger partial charge in [0.25, 0.3) is 5.91 Å².